The van der Waals surface area contributed by atoms with Gasteiger partial charge in [-0.2, -0.15) is 0 Å². The maximum absolute atomic E-state index is 17.3. The molecule has 0 aromatic rings. The van der Waals surface area contributed by atoms with Crippen LogP contribution in [-0.2, 0) is 4.79 Å². The number of carboxylic acid groups (broad SMARTS) is 1. The van der Waals surface area contributed by atoms with Gasteiger partial charge < -0.3 is 10.2 Å². The van der Waals surface area contributed by atoms with Crippen LogP contribution in [0.4, 0.5) is 0 Å². The molecule has 0 fully saturated rings. The molecule has 0 amide bonds. The Balaban J connectivity index is 5.42. The summed E-state index contributed by atoms with van der Waals surface area (Å²) in [5, 5.41) is 29.2. The second-order valence-corrected chi connectivity index (χ2v) is 42.0. The molecule has 0 radical (unpaired) electrons. The summed E-state index contributed by atoms with van der Waals surface area (Å²) < 4.78 is 0. The molecule has 0 heterocycles. The van der Waals surface area contributed by atoms with E-state index in [-0.39, 0.29) is 16.8 Å². The van der Waals surface area contributed by atoms with Gasteiger partial charge in [-0.15, -0.1) is 0 Å². The van der Waals surface area contributed by atoms with Gasteiger partial charge >= 0.3 is 5.97 Å². The highest BCUT2D eigenvalue weighted by atomic mass is 16.4. The van der Waals surface area contributed by atoms with Gasteiger partial charge in [-0.25, -0.2) is 0 Å². The van der Waals surface area contributed by atoms with Crippen molar-refractivity contribution in [1.82, 2.24) is 0 Å². The molecule has 1 unspecified atom stereocenters. The van der Waals surface area contributed by atoms with Crippen LogP contribution >= 0.6 is 0 Å². The summed E-state index contributed by atoms with van der Waals surface area (Å²) in [6.07, 6.45) is 112. The monoisotopic (exact) mass is 1630 g/mol. The zero-order valence-corrected chi connectivity index (χ0v) is 83.0. The lowest BCUT2D eigenvalue weighted by Gasteiger charge is -2.71. The van der Waals surface area contributed by atoms with Crippen LogP contribution in [0.15, 0.2) is 22.5 Å². The van der Waals surface area contributed by atoms with Gasteiger partial charge in [-0.3, -0.25) is 4.79 Å². The molecule has 0 aromatic heterocycles. The molecule has 0 bridgehead atoms. The highest BCUT2D eigenvalue weighted by molar-refractivity contribution is 5.77. The van der Waals surface area contributed by atoms with Crippen LogP contribution in [0.25, 0.3) is 0 Å². The first-order valence-electron chi connectivity index (χ1n) is 54.9. The van der Waals surface area contributed by atoms with Crippen molar-refractivity contribution >= 4 is 5.97 Å². The fraction of sp³-hybridized carbons (Fsp3) is 0.956. The molecule has 690 valence electrons. The topological polar surface area (TPSA) is 57.5 Å². The van der Waals surface area contributed by atoms with E-state index in [2.05, 4.69) is 96.9 Å². The van der Waals surface area contributed by atoms with Crippen molar-refractivity contribution in [1.29, 1.82) is 0 Å². The molecule has 0 spiro atoms. The summed E-state index contributed by atoms with van der Waals surface area (Å²) in [6.45, 7) is 34.2. The van der Waals surface area contributed by atoms with E-state index < -0.39 is 21.7 Å². The Morgan fingerprint density at radius 2 is 0.431 bits per heavy atom. The summed E-state index contributed by atoms with van der Waals surface area (Å²) in [6, 6.07) is 0. The first-order chi connectivity index (χ1) is 56.5. The van der Waals surface area contributed by atoms with Crippen molar-refractivity contribution in [3.05, 3.63) is 22.5 Å². The fourth-order valence-corrected chi connectivity index (χ4v) is 23.2. The third-order valence-electron chi connectivity index (χ3n) is 29.7. The van der Waals surface area contributed by atoms with E-state index in [0.29, 0.717) is 5.76 Å². The predicted molar refractivity (Wildman–Crippen MR) is 525 cm³/mol. The lowest BCUT2D eigenvalue weighted by Crippen LogP contribution is -2.66. The van der Waals surface area contributed by atoms with E-state index in [9.17, 15) is 10.2 Å². The lowest BCUT2D eigenvalue weighted by atomic mass is 9.31. The predicted octanol–water partition coefficient (Wildman–Crippen LogP) is 41.7. The average molecular weight is 1630 g/mol. The van der Waals surface area contributed by atoms with E-state index in [1.54, 1.807) is 5.57 Å². The van der Waals surface area contributed by atoms with Crippen molar-refractivity contribution in [2.24, 2.45) is 32.5 Å². The summed E-state index contributed by atoms with van der Waals surface area (Å²) in [5.41, 5.74) is 1.33. The number of hydrogen-bond donors (Lipinski definition) is 2. The summed E-state index contributed by atoms with van der Waals surface area (Å²) in [7, 11) is 0. The zero-order valence-electron chi connectivity index (χ0n) is 83.0. The van der Waals surface area contributed by atoms with Crippen LogP contribution in [0, 0.1) is 32.5 Å². The molecular weight excluding hydrogens is 1410 g/mol. The van der Waals surface area contributed by atoms with Crippen molar-refractivity contribution < 1.29 is 15.0 Å². The van der Waals surface area contributed by atoms with Gasteiger partial charge in [-0.05, 0) is 85.2 Å². The SMILES string of the molecule is CCCCCCCCCCCCC1=C(C(C)(C)C)C(O)=C(C(C)(C)C)C(CCCCCCCCCCCC)(CCCCCCCCCCCC)C1(CCCCCCCCCCCC)C(CCCCCCCCCCCC)(CCCCCCCCCCCC)C(CCCCCCCCCCCC)(CCCCCCCCCCCC)C(=O)O. The molecule has 3 heteroatoms. The molecule has 0 saturated carbocycles. The number of aliphatic hydroxyl groups is 1. The van der Waals surface area contributed by atoms with Crippen LogP contribution in [0.3, 0.4) is 0 Å². The van der Waals surface area contributed by atoms with E-state index in [0.717, 1.165) is 96.3 Å². The summed E-state index contributed by atoms with van der Waals surface area (Å²) in [4.78, 5) is 17.3. The number of allylic oxidation sites excluding steroid dienone is 3. The van der Waals surface area contributed by atoms with E-state index in [1.165, 1.54) is 480 Å². The van der Waals surface area contributed by atoms with E-state index in [1.807, 2.05) is 0 Å². The van der Waals surface area contributed by atoms with Crippen LogP contribution in [0.5, 0.6) is 0 Å². The molecule has 1 aliphatic carbocycles. The van der Waals surface area contributed by atoms with Crippen molar-refractivity contribution in [3.8, 4) is 0 Å². The van der Waals surface area contributed by atoms with Gasteiger partial charge in [-0.1, -0.05) is 610 Å². The fourth-order valence-electron chi connectivity index (χ4n) is 23.2. The third-order valence-corrected chi connectivity index (χ3v) is 29.7. The van der Waals surface area contributed by atoms with E-state index in [4.69, 9.17) is 0 Å². The molecule has 0 aromatic carbocycles. The quantitative estimate of drug-likeness (QED) is 0.0597. The molecule has 3 nitrogen and oxygen atoms in total. The second kappa shape index (κ2) is 76.2. The minimum Gasteiger partial charge on any atom is -0.508 e. The largest absolute Gasteiger partial charge is 0.508 e. The maximum atomic E-state index is 17.3. The number of carboxylic acids is 1. The smallest absolute Gasteiger partial charge is 0.310 e. The Bertz CT molecular complexity index is 2110. The van der Waals surface area contributed by atoms with Crippen LogP contribution < -0.4 is 0 Å². The Morgan fingerprint density at radius 1 is 0.241 bits per heavy atom. The van der Waals surface area contributed by atoms with Gasteiger partial charge in [0.2, 0.25) is 0 Å². The van der Waals surface area contributed by atoms with Gasteiger partial charge in [0, 0.05) is 10.8 Å². The number of unbranched alkanes of at least 4 members (excludes halogenated alkanes) is 72. The number of aliphatic carboxylic acids is 1. The Labute approximate surface area is 733 Å². The van der Waals surface area contributed by atoms with Crippen LogP contribution in [0.2, 0.25) is 0 Å². The molecule has 1 atom stereocenters. The molecule has 0 saturated heterocycles. The first-order valence-corrected chi connectivity index (χ1v) is 54.9. The van der Waals surface area contributed by atoms with Crippen molar-refractivity contribution in [3.63, 3.8) is 0 Å². The maximum Gasteiger partial charge on any atom is 0.310 e. The van der Waals surface area contributed by atoms with Crippen LogP contribution in [-0.4, -0.2) is 16.2 Å². The first kappa shape index (κ1) is 113. The van der Waals surface area contributed by atoms with E-state index >= 15 is 4.79 Å². The van der Waals surface area contributed by atoms with Crippen LogP contribution in [0.1, 0.15) is 662 Å². The molecular formula is C113H220O3. The van der Waals surface area contributed by atoms with Gasteiger partial charge in [0.1, 0.15) is 5.76 Å². The molecule has 116 heavy (non-hydrogen) atoms. The second-order valence-electron chi connectivity index (χ2n) is 42.0. The number of aliphatic hydroxyl groups excluding tert-OH is 1. The Morgan fingerprint density at radius 3 is 0.638 bits per heavy atom. The number of rotatable bonds is 91. The zero-order chi connectivity index (χ0) is 85.1. The summed E-state index contributed by atoms with van der Waals surface area (Å²) in [5.74, 6) is 0.312. The summed E-state index contributed by atoms with van der Waals surface area (Å²) >= 11 is 0. The molecule has 0 aliphatic heterocycles. The van der Waals surface area contributed by atoms with Crippen molar-refractivity contribution in [2.75, 3.05) is 0 Å². The minimum absolute atomic E-state index is 0.345. The van der Waals surface area contributed by atoms with Gasteiger partial charge in [0.05, 0.1) is 5.41 Å². The lowest BCUT2D eigenvalue weighted by molar-refractivity contribution is -0.197. The van der Waals surface area contributed by atoms with Gasteiger partial charge in [0.15, 0.2) is 0 Å². The highest BCUT2D eigenvalue weighted by Gasteiger charge is 2.73. The highest BCUT2D eigenvalue weighted by Crippen LogP contribution is 2.79. The molecule has 1 rings (SSSR count). The standard InChI is InChI=1S/C113H220O3/c1-15-23-31-39-47-55-63-71-79-87-95-103-104(108(9,10)11)105(114)106(109(12,13)14)110(96-88-80-72-64-56-48-40-32-24-16-2,97-89-81-73-65-57-49-41-33-25-17-3)113(103,102-94-86-78-70-62-54-46-38-30-22-8)112(100-92-84-76-68-60-52-44-36-28-20-6,101-93-85-77-69-61-53-45-37-29-21-7)111(107(115)116,98-90-82-74-66-58-50-42-34-26-18-4)99-91-83-75-67-59-51-43-35-27-19-5/h114H,15-102H2,1-14H3,(H,115,116). The Hall–Kier alpha value is -1.25. The number of hydrogen-bond acceptors (Lipinski definition) is 2. The Kier molecular flexibility index (Phi) is 74.1. The molecule has 2 N–H and O–H groups in total. The molecule has 1 aliphatic rings. The average Bonchev–Trinajstić information content (AvgIpc) is 0.657. The normalized spacial score (nSPS) is 15.1. The number of carbonyl (C=O) groups is 1. The minimum atomic E-state index is -0.923. The van der Waals surface area contributed by atoms with Crippen molar-refractivity contribution in [2.45, 2.75) is 662 Å². The van der Waals surface area contributed by atoms with Gasteiger partial charge in [0.25, 0.3) is 0 Å². The third kappa shape index (κ3) is 48.3.